The van der Waals surface area contributed by atoms with Gasteiger partial charge < -0.3 is 53.8 Å². The molecule has 3 aliphatic rings. The zero-order valence-corrected chi connectivity index (χ0v) is 79.0. The summed E-state index contributed by atoms with van der Waals surface area (Å²) in [6.45, 7) is 24.7. The van der Waals surface area contributed by atoms with Crippen molar-refractivity contribution in [3.63, 3.8) is 0 Å². The number of amides is 3. The maximum atomic E-state index is 13.4. The lowest BCUT2D eigenvalue weighted by Gasteiger charge is -2.40. The zero-order valence-electron chi connectivity index (χ0n) is 75.8. The Morgan fingerprint density at radius 3 is 0.969 bits per heavy atom. The summed E-state index contributed by atoms with van der Waals surface area (Å²) in [5.41, 5.74) is 4.76. The van der Waals surface area contributed by atoms with Crippen molar-refractivity contribution in [1.29, 1.82) is 0 Å². The number of aryl methyl sites for hydroxylation is 1. The average molecular weight is 1850 g/mol. The third-order valence-corrected chi connectivity index (χ3v) is 30.9. The molecule has 0 aliphatic carbocycles. The number of rotatable bonds is 41. The van der Waals surface area contributed by atoms with E-state index in [1.54, 1.807) is 139 Å². The molecule has 3 unspecified atom stereocenters. The van der Waals surface area contributed by atoms with Crippen LogP contribution < -0.4 is 0 Å². The number of aliphatic hydroxyl groups is 2. The Labute approximate surface area is 777 Å². The number of likely N-dealkylation sites (tertiary alicyclic amines) is 3. The number of hydrogen-bond donors (Lipinski definition) is 2. The van der Waals surface area contributed by atoms with Crippen molar-refractivity contribution in [2.24, 2.45) is 0 Å². The fourth-order valence-corrected chi connectivity index (χ4v) is 21.4. The minimum Gasteiger partial charge on any atom is -0.445 e. The minimum atomic E-state index is -3.74. The molecule has 130 heavy (non-hydrogen) atoms. The summed E-state index contributed by atoms with van der Waals surface area (Å²) in [7, 11) is -6.34. The summed E-state index contributed by atoms with van der Waals surface area (Å²) >= 11 is 6.38. The van der Waals surface area contributed by atoms with Gasteiger partial charge in [-0.15, -0.1) is 19.7 Å². The average Bonchev–Trinajstić information content (AvgIpc) is 0.791. The topological polar surface area (TPSA) is 251 Å². The molecule has 0 saturated carbocycles. The first-order valence-corrected chi connectivity index (χ1v) is 49.4. The van der Waals surface area contributed by atoms with Crippen LogP contribution in [0.3, 0.4) is 0 Å². The second kappa shape index (κ2) is 49.9. The van der Waals surface area contributed by atoms with Crippen molar-refractivity contribution in [3.8, 4) is 0 Å². The molecular formula is C103H130ClN9O14S3. The highest BCUT2D eigenvalue weighted by molar-refractivity contribution is 7.89. The Morgan fingerprint density at radius 1 is 0.392 bits per heavy atom. The minimum absolute atomic E-state index is 0.0358. The number of likely N-dealkylation sites (N-methyl/N-ethyl adjacent to an activating group) is 3. The zero-order chi connectivity index (χ0) is 93.2. The molecule has 3 fully saturated rings. The van der Waals surface area contributed by atoms with Gasteiger partial charge >= 0.3 is 18.3 Å². The van der Waals surface area contributed by atoms with Gasteiger partial charge in [-0.1, -0.05) is 255 Å². The van der Waals surface area contributed by atoms with Crippen LogP contribution in [0.5, 0.6) is 0 Å². The van der Waals surface area contributed by atoms with E-state index >= 15 is 0 Å². The van der Waals surface area contributed by atoms with Gasteiger partial charge in [0.05, 0.1) is 27.9 Å². The number of hydrogen-bond acceptors (Lipinski definition) is 17. The second-order valence-electron chi connectivity index (χ2n) is 34.3. The van der Waals surface area contributed by atoms with Crippen LogP contribution in [-0.2, 0) is 80.3 Å². The van der Waals surface area contributed by atoms with Crippen molar-refractivity contribution in [3.05, 3.63) is 343 Å². The number of sulfonamides is 3. The van der Waals surface area contributed by atoms with E-state index in [2.05, 4.69) is 41.4 Å². The van der Waals surface area contributed by atoms with E-state index in [9.17, 15) is 49.9 Å². The Hall–Kier alpha value is -10.2. The summed E-state index contributed by atoms with van der Waals surface area (Å²) in [6.07, 6.45) is 10.9. The summed E-state index contributed by atoms with van der Waals surface area (Å²) in [6, 6.07) is 79.7. The molecule has 9 aromatic rings. The van der Waals surface area contributed by atoms with Crippen LogP contribution in [0.15, 0.2) is 314 Å². The van der Waals surface area contributed by atoms with Gasteiger partial charge in [-0.25, -0.2) is 43.9 Å². The lowest BCUT2D eigenvalue weighted by Crippen LogP contribution is -2.50. The van der Waals surface area contributed by atoms with E-state index in [4.69, 9.17) is 25.8 Å². The van der Waals surface area contributed by atoms with E-state index < -0.39 is 46.3 Å². The van der Waals surface area contributed by atoms with Crippen molar-refractivity contribution in [2.75, 3.05) is 133 Å². The molecule has 0 bridgehead atoms. The quantitative estimate of drug-likeness (QED) is 0.0267. The molecule has 2 N–H and O–H groups in total. The molecule has 3 heterocycles. The number of piperidine rings is 3. The molecule has 0 aromatic heterocycles. The van der Waals surface area contributed by atoms with E-state index in [1.807, 2.05) is 183 Å². The molecule has 3 saturated heterocycles. The van der Waals surface area contributed by atoms with E-state index in [-0.39, 0.29) is 97.2 Å². The molecular weight excluding hydrogens is 1720 g/mol. The van der Waals surface area contributed by atoms with E-state index in [0.717, 1.165) is 130 Å². The molecule has 3 atom stereocenters. The monoisotopic (exact) mass is 1850 g/mol. The van der Waals surface area contributed by atoms with Crippen LogP contribution in [0.1, 0.15) is 104 Å². The molecule has 23 nitrogen and oxygen atoms in total. The van der Waals surface area contributed by atoms with E-state index in [1.165, 1.54) is 12.9 Å². The Bertz CT molecular complexity index is 5340. The van der Waals surface area contributed by atoms with Gasteiger partial charge in [-0.05, 0) is 166 Å². The number of benzene rings is 9. The first-order valence-electron chi connectivity index (χ1n) is 44.7. The maximum Gasteiger partial charge on any atom is 0.410 e. The molecule has 12 rings (SSSR count). The van der Waals surface area contributed by atoms with Crippen molar-refractivity contribution in [1.82, 2.24) is 42.3 Å². The highest BCUT2D eigenvalue weighted by atomic mass is 35.5. The smallest absolute Gasteiger partial charge is 0.410 e. The summed E-state index contributed by atoms with van der Waals surface area (Å²) in [5, 5.41) is 22.2. The number of halogens is 1. The van der Waals surface area contributed by atoms with Gasteiger partial charge in [0.1, 0.15) is 19.8 Å². The lowest BCUT2D eigenvalue weighted by molar-refractivity contribution is 0.0623. The van der Waals surface area contributed by atoms with Gasteiger partial charge in [0.25, 0.3) is 0 Å². The highest BCUT2D eigenvalue weighted by Gasteiger charge is 2.42. The molecule has 0 radical (unpaired) electrons. The highest BCUT2D eigenvalue weighted by Crippen LogP contribution is 2.37. The van der Waals surface area contributed by atoms with Gasteiger partial charge in [-0.2, -0.15) is 8.61 Å². The molecule has 3 aliphatic heterocycles. The van der Waals surface area contributed by atoms with Gasteiger partial charge in [0, 0.05) is 139 Å². The predicted molar refractivity (Wildman–Crippen MR) is 516 cm³/mol. The summed E-state index contributed by atoms with van der Waals surface area (Å²) < 4.78 is 101. The Morgan fingerprint density at radius 2 is 0.669 bits per heavy atom. The molecule has 696 valence electrons. The van der Waals surface area contributed by atoms with Crippen LogP contribution in [0.4, 0.5) is 14.4 Å². The van der Waals surface area contributed by atoms with Crippen molar-refractivity contribution < 1.29 is 64.1 Å². The summed E-state index contributed by atoms with van der Waals surface area (Å²) in [5.74, 6) is 0. The maximum absolute atomic E-state index is 13.4. The van der Waals surface area contributed by atoms with Gasteiger partial charge in [-0.3, -0.25) is 0 Å². The number of nitrogens with zero attached hydrogens (tertiary/aromatic N) is 9. The number of carbonyl (C=O) groups is 3. The third-order valence-electron chi connectivity index (χ3n) is 25.2. The second-order valence-corrected chi connectivity index (χ2v) is 40.9. The van der Waals surface area contributed by atoms with Crippen LogP contribution in [0, 0.1) is 6.92 Å². The molecule has 27 heteroatoms. The summed E-state index contributed by atoms with van der Waals surface area (Å²) in [4.78, 5) is 52.1. The fraction of sp³-hybridized carbons (Fsp3) is 0.388. The van der Waals surface area contributed by atoms with Gasteiger partial charge in [0.2, 0.25) is 30.1 Å². The van der Waals surface area contributed by atoms with Crippen LogP contribution >= 0.6 is 11.6 Å². The van der Waals surface area contributed by atoms with Crippen LogP contribution in [0.25, 0.3) is 0 Å². The fourth-order valence-electron chi connectivity index (χ4n) is 17.3. The SMILES string of the molecule is C=CCN(C(=O)OCc1ccc(C)cc1)C1CCN(CCC(CO)(CN(C)S(=O)(=O)c2ccccc2)c2ccccc2)CC1.C=CCN(C(=O)OCc1ccccc1)C1CCN(CCC(C)(CN(C)S(=O)(=O)c2ccccc2)c2cccc(Cl)c2)CC1.C=CCN(C(=O)OCc1ccccc1)C1CCN(CCC(CO)(CN(C)S(=O)(=O)c2ccccc2)c2ccccc2)CC1. The van der Waals surface area contributed by atoms with Crippen LogP contribution in [-0.4, -0.2) is 247 Å². The van der Waals surface area contributed by atoms with Crippen molar-refractivity contribution in [2.45, 2.75) is 141 Å². The van der Waals surface area contributed by atoms with Gasteiger partial charge in [0.15, 0.2) is 0 Å². The normalized spacial score (nSPS) is 16.0. The molecule has 3 amide bonds. The third kappa shape index (κ3) is 28.7. The van der Waals surface area contributed by atoms with Crippen molar-refractivity contribution >= 4 is 60.0 Å². The predicted octanol–water partition coefficient (Wildman–Crippen LogP) is 16.7. The number of aliphatic hydroxyl groups excluding tert-OH is 2. The Kier molecular flexibility index (Phi) is 39.1. The van der Waals surface area contributed by atoms with E-state index in [0.29, 0.717) is 57.1 Å². The Balaban J connectivity index is 0.000000203. The molecule has 9 aromatic carbocycles. The first kappa shape index (κ1) is 102. The number of ether oxygens (including phenoxy) is 3. The first-order chi connectivity index (χ1) is 62.6. The van der Waals surface area contributed by atoms with Crippen LogP contribution in [0.2, 0.25) is 5.02 Å². The molecule has 0 spiro atoms. The largest absolute Gasteiger partial charge is 0.445 e. The lowest BCUT2D eigenvalue weighted by atomic mass is 9.77. The standard InChI is InChI=1S/C35H45N3O5S.C34H42ClN3O4S.C34H43N3O5S/c1-4-22-38(34(40)43-26-30-17-15-29(2)16-18-30)32-19-23-37(24-20-32)25-21-35(28-39,31-11-7-5-8-12-31)27-36(3)44(41,42)33-13-9-6-10-14-33;1-4-21-38(33(39)42-26-28-12-7-5-8-13-28)31-18-22-37(23-19-31)24-20-34(2,29-14-11-15-30(35)25-29)27-36(3)43(40,41)32-16-9-6-10-17-32;1-3-22-37(33(39)42-26-29-13-7-4-8-14-29)31-19-23-36(24-20-31)25-21-34(28-38,30-15-9-5-10-16-30)27-35(2)43(40,41)32-17-11-6-12-18-32/h4-18,32,39H,1,19-28H2,2-3H3;4-17,25,31H,1,18-24,26-27H2,2-3H3;3-18,31,38H,1,19-28H2,2H3. The number of carbonyl (C=O) groups excluding carboxylic acids is 3.